The van der Waals surface area contributed by atoms with E-state index in [0.29, 0.717) is 12.8 Å². The molecule has 0 N–H and O–H groups in total. The van der Waals surface area contributed by atoms with E-state index in [1.165, 1.54) is 0 Å². The molecule has 8 heavy (non-hydrogen) atoms. The molecule has 0 radical (unpaired) electrons. The van der Waals surface area contributed by atoms with Crippen LogP contribution in [0.15, 0.2) is 0 Å². The average Bonchev–Trinajstić information content (AvgIpc) is 1.61. The molecule has 0 aliphatic rings. The van der Waals surface area contributed by atoms with Crippen LogP contribution in [0.25, 0.3) is 0 Å². The van der Waals surface area contributed by atoms with Crippen molar-refractivity contribution in [2.75, 3.05) is 13.2 Å². The normalized spacial score (nSPS) is 6.75. The van der Waals surface area contributed by atoms with Crippen molar-refractivity contribution in [3.63, 3.8) is 0 Å². The Hall–Kier alpha value is 1.92. The van der Waals surface area contributed by atoms with Gasteiger partial charge in [-0.3, -0.25) is 0 Å². The second-order valence-corrected chi connectivity index (χ2v) is 1.12. The third-order valence-electron chi connectivity index (χ3n) is 0.539. The minimum atomic E-state index is -0.0950. The summed E-state index contributed by atoms with van der Waals surface area (Å²) in [6, 6.07) is 0. The molecule has 0 aliphatic carbocycles. The Balaban J connectivity index is -0.000000125. The van der Waals surface area contributed by atoms with E-state index in [0.717, 1.165) is 0 Å². The first-order chi connectivity index (χ1) is 2.91. The van der Waals surface area contributed by atoms with Gasteiger partial charge in [-0.25, -0.2) is 0 Å². The molecule has 0 saturated heterocycles. The number of hydrogen-bond acceptors (Lipinski definition) is 2. The van der Waals surface area contributed by atoms with Crippen LogP contribution in [0.2, 0.25) is 0 Å². The molecule has 0 aromatic heterocycles. The molecule has 0 amide bonds. The van der Waals surface area contributed by atoms with Gasteiger partial charge >= 0.3 is 59.1 Å². The van der Waals surface area contributed by atoms with Crippen LogP contribution in [-0.4, -0.2) is 13.2 Å². The predicted octanol–water partition coefficient (Wildman–Crippen LogP) is -7.50. The second kappa shape index (κ2) is 16.0. The van der Waals surface area contributed by atoms with E-state index in [9.17, 15) is 10.2 Å². The van der Waals surface area contributed by atoms with Crippen molar-refractivity contribution in [3.8, 4) is 0 Å². The van der Waals surface area contributed by atoms with Gasteiger partial charge in [0, 0.05) is 0 Å². The average molecular weight is 134 g/mol. The second-order valence-electron chi connectivity index (χ2n) is 1.12. The van der Waals surface area contributed by atoms with Crippen molar-refractivity contribution >= 4 is 0 Å². The summed E-state index contributed by atoms with van der Waals surface area (Å²) in [6.45, 7) is -0.190. The summed E-state index contributed by atoms with van der Waals surface area (Å²) in [6.07, 6.45) is 1.09. The first-order valence-electron chi connectivity index (χ1n) is 2.08. The van der Waals surface area contributed by atoms with Crippen molar-refractivity contribution in [1.29, 1.82) is 0 Å². The van der Waals surface area contributed by atoms with E-state index in [4.69, 9.17) is 0 Å². The fourth-order valence-electron chi connectivity index (χ4n) is 0.204. The number of hydrogen-bond donors (Lipinski definition) is 0. The Morgan fingerprint density at radius 3 is 1.12 bits per heavy atom. The van der Waals surface area contributed by atoms with Crippen molar-refractivity contribution < 1.29 is 69.3 Å². The molecule has 0 bridgehead atoms. The van der Waals surface area contributed by atoms with Crippen molar-refractivity contribution in [3.05, 3.63) is 0 Å². The molecule has 0 unspecified atom stereocenters. The zero-order valence-electron chi connectivity index (χ0n) is 5.64. The summed E-state index contributed by atoms with van der Waals surface area (Å²) in [4.78, 5) is 0. The molecule has 0 saturated carbocycles. The van der Waals surface area contributed by atoms with Crippen LogP contribution in [0, 0.1) is 0 Å². The molecule has 4 heteroatoms. The smallest absolute Gasteiger partial charge is 0.854 e. The minimum absolute atomic E-state index is 0. The maximum Gasteiger partial charge on any atom is 1.00 e. The summed E-state index contributed by atoms with van der Waals surface area (Å²) in [5, 5.41) is 19.1. The quantitative estimate of drug-likeness (QED) is 0.284. The largest absolute Gasteiger partial charge is 1.00 e. The van der Waals surface area contributed by atoms with E-state index in [1.54, 1.807) is 0 Å². The molecular weight excluding hydrogens is 126 g/mol. The SMILES string of the molecule is [Na+].[Na+].[O-]CCCC[O-]. The molecular formula is C4H8Na2O2. The monoisotopic (exact) mass is 134 g/mol. The van der Waals surface area contributed by atoms with Crippen LogP contribution in [0.5, 0.6) is 0 Å². The van der Waals surface area contributed by atoms with Gasteiger partial charge in [-0.2, -0.15) is 0 Å². The fourth-order valence-corrected chi connectivity index (χ4v) is 0.204. The van der Waals surface area contributed by atoms with Gasteiger partial charge in [0.25, 0.3) is 0 Å². The first-order valence-corrected chi connectivity index (χ1v) is 2.08. The van der Waals surface area contributed by atoms with E-state index < -0.39 is 0 Å². The summed E-state index contributed by atoms with van der Waals surface area (Å²) >= 11 is 0. The van der Waals surface area contributed by atoms with Crippen LogP contribution < -0.4 is 69.3 Å². The molecule has 38 valence electrons. The Morgan fingerprint density at radius 2 is 1.00 bits per heavy atom. The molecule has 0 heterocycles. The third kappa shape index (κ3) is 15.7. The van der Waals surface area contributed by atoms with Gasteiger partial charge in [-0.1, -0.05) is 12.8 Å². The van der Waals surface area contributed by atoms with Gasteiger partial charge in [0.1, 0.15) is 0 Å². The van der Waals surface area contributed by atoms with Crippen LogP contribution in [0.1, 0.15) is 12.8 Å². The summed E-state index contributed by atoms with van der Waals surface area (Å²) in [5.41, 5.74) is 0. The van der Waals surface area contributed by atoms with Crippen LogP contribution >= 0.6 is 0 Å². The molecule has 0 spiro atoms. The Kier molecular flexibility index (Phi) is 32.9. The maximum absolute atomic E-state index is 9.55. The minimum Gasteiger partial charge on any atom is -0.854 e. The Bertz CT molecular complexity index is 24.0. The van der Waals surface area contributed by atoms with Crippen LogP contribution in [0.4, 0.5) is 0 Å². The van der Waals surface area contributed by atoms with Crippen LogP contribution in [0.3, 0.4) is 0 Å². The van der Waals surface area contributed by atoms with Crippen molar-refractivity contribution in [1.82, 2.24) is 0 Å². The molecule has 0 aromatic carbocycles. The zero-order valence-corrected chi connectivity index (χ0v) is 9.64. The Morgan fingerprint density at radius 1 is 0.750 bits per heavy atom. The fraction of sp³-hybridized carbons (Fsp3) is 1.00. The Labute approximate surface area is 94.2 Å². The molecule has 2 nitrogen and oxygen atoms in total. The molecule has 0 fully saturated rings. The van der Waals surface area contributed by atoms with Gasteiger partial charge in [0.2, 0.25) is 0 Å². The van der Waals surface area contributed by atoms with E-state index >= 15 is 0 Å². The summed E-state index contributed by atoms with van der Waals surface area (Å²) < 4.78 is 0. The van der Waals surface area contributed by atoms with Crippen LogP contribution in [-0.2, 0) is 0 Å². The van der Waals surface area contributed by atoms with Gasteiger partial charge in [-0.05, 0) is 0 Å². The van der Waals surface area contributed by atoms with Crippen molar-refractivity contribution in [2.45, 2.75) is 12.8 Å². The van der Waals surface area contributed by atoms with Gasteiger partial charge < -0.3 is 10.2 Å². The van der Waals surface area contributed by atoms with E-state index in [1.807, 2.05) is 0 Å². The first kappa shape index (κ1) is 16.5. The topological polar surface area (TPSA) is 46.1 Å². The van der Waals surface area contributed by atoms with E-state index in [2.05, 4.69) is 0 Å². The van der Waals surface area contributed by atoms with Crippen molar-refractivity contribution in [2.24, 2.45) is 0 Å². The summed E-state index contributed by atoms with van der Waals surface area (Å²) in [5.74, 6) is 0. The number of unbranched alkanes of at least 4 members (excludes halogenated alkanes) is 1. The van der Waals surface area contributed by atoms with Gasteiger partial charge in [0.15, 0.2) is 0 Å². The molecule has 0 atom stereocenters. The molecule has 0 rings (SSSR count). The maximum atomic E-state index is 9.55. The third-order valence-corrected chi connectivity index (χ3v) is 0.539. The van der Waals surface area contributed by atoms with Gasteiger partial charge in [-0.15, -0.1) is 13.2 Å². The zero-order chi connectivity index (χ0) is 4.83. The summed E-state index contributed by atoms with van der Waals surface area (Å²) in [7, 11) is 0. The van der Waals surface area contributed by atoms with E-state index in [-0.39, 0.29) is 72.3 Å². The van der Waals surface area contributed by atoms with Gasteiger partial charge in [0.05, 0.1) is 0 Å². The number of rotatable bonds is 3. The molecule has 0 aliphatic heterocycles. The standard InChI is InChI=1S/C4H8O2.2Na/c5-3-1-2-4-6;;/h1-4H2;;/q-2;2*+1. The predicted molar refractivity (Wildman–Crippen MR) is 19.0 cm³/mol. The molecule has 0 aromatic rings.